The van der Waals surface area contributed by atoms with Crippen molar-refractivity contribution >= 4 is 29.7 Å². The third-order valence-corrected chi connectivity index (χ3v) is 3.47. The Morgan fingerprint density at radius 2 is 2.00 bits per heavy atom. The van der Waals surface area contributed by atoms with Crippen molar-refractivity contribution in [3.05, 3.63) is 35.9 Å². The number of benzene rings is 1. The summed E-state index contributed by atoms with van der Waals surface area (Å²) in [4.78, 5) is 33.7. The van der Waals surface area contributed by atoms with Crippen molar-refractivity contribution < 1.29 is 19.1 Å². The summed E-state index contributed by atoms with van der Waals surface area (Å²) in [6.45, 7) is 0.196. The lowest BCUT2D eigenvalue weighted by Gasteiger charge is -2.22. The molecular formula is C12H13N3O4S. The molecule has 1 aromatic carbocycles. The van der Waals surface area contributed by atoms with Gasteiger partial charge in [-0.15, -0.1) is 11.8 Å². The summed E-state index contributed by atoms with van der Waals surface area (Å²) in [5.41, 5.74) is 5.64. The Balaban J connectivity index is 1.70. The molecule has 1 aromatic rings. The van der Waals surface area contributed by atoms with Gasteiger partial charge in [0, 0.05) is 0 Å². The van der Waals surface area contributed by atoms with Crippen LogP contribution in [-0.2, 0) is 20.9 Å². The van der Waals surface area contributed by atoms with Gasteiger partial charge in [0.25, 0.3) is 5.91 Å². The third kappa shape index (κ3) is 4.25. The lowest BCUT2D eigenvalue weighted by Crippen LogP contribution is -2.61. The predicted molar refractivity (Wildman–Crippen MR) is 72.3 cm³/mol. The van der Waals surface area contributed by atoms with Crippen LogP contribution in [0.1, 0.15) is 5.56 Å². The monoisotopic (exact) mass is 295 g/mol. The first-order valence-electron chi connectivity index (χ1n) is 5.82. The number of imide groups is 1. The number of esters is 1. The normalized spacial score (nSPS) is 18.1. The van der Waals surface area contributed by atoms with E-state index in [4.69, 9.17) is 4.74 Å². The van der Waals surface area contributed by atoms with E-state index in [0.717, 1.165) is 17.3 Å². The van der Waals surface area contributed by atoms with E-state index in [1.54, 1.807) is 0 Å². The van der Waals surface area contributed by atoms with Gasteiger partial charge in [0.2, 0.25) is 0 Å². The van der Waals surface area contributed by atoms with Crippen LogP contribution in [-0.4, -0.2) is 29.0 Å². The second kappa shape index (κ2) is 6.92. The molecule has 3 amide bonds. The van der Waals surface area contributed by atoms with Crippen LogP contribution in [0.2, 0.25) is 0 Å². The van der Waals surface area contributed by atoms with Crippen molar-refractivity contribution in [3.63, 3.8) is 0 Å². The first-order valence-corrected chi connectivity index (χ1v) is 6.87. The van der Waals surface area contributed by atoms with Crippen LogP contribution in [0, 0.1) is 0 Å². The minimum atomic E-state index is -0.711. The van der Waals surface area contributed by atoms with Gasteiger partial charge in [0.1, 0.15) is 6.61 Å². The van der Waals surface area contributed by atoms with Crippen LogP contribution in [0.5, 0.6) is 0 Å². The molecule has 0 spiro atoms. The van der Waals surface area contributed by atoms with Gasteiger partial charge in [-0.05, 0) is 5.56 Å². The van der Waals surface area contributed by atoms with Gasteiger partial charge in [-0.2, -0.15) is 0 Å². The molecule has 1 atom stereocenters. The lowest BCUT2D eigenvalue weighted by molar-refractivity contribution is -0.141. The minimum absolute atomic E-state index is 0.00773. The van der Waals surface area contributed by atoms with Crippen LogP contribution >= 0.6 is 11.8 Å². The summed E-state index contributed by atoms with van der Waals surface area (Å²) in [5.74, 6) is -0.909. The third-order valence-electron chi connectivity index (χ3n) is 2.40. The number of carbonyl (C=O) groups is 3. The maximum absolute atomic E-state index is 11.5. The summed E-state index contributed by atoms with van der Waals surface area (Å²) in [5, 5.41) is 1.38. The molecule has 7 nitrogen and oxygen atoms in total. The molecular weight excluding hydrogens is 282 g/mol. The fraction of sp³-hybridized carbons (Fsp3) is 0.250. The molecule has 1 heterocycles. The molecule has 0 bridgehead atoms. The second-order valence-corrected chi connectivity index (χ2v) is 5.02. The minimum Gasteiger partial charge on any atom is -0.460 e. The molecule has 2 rings (SSSR count). The highest BCUT2D eigenvalue weighted by Crippen LogP contribution is 2.10. The molecule has 3 N–H and O–H groups in total. The van der Waals surface area contributed by atoms with Crippen molar-refractivity contribution in [2.45, 2.75) is 12.0 Å². The van der Waals surface area contributed by atoms with Gasteiger partial charge in [-0.1, -0.05) is 30.3 Å². The maximum atomic E-state index is 11.5. The number of hydrogen-bond donors (Lipinski definition) is 3. The topological polar surface area (TPSA) is 96.5 Å². The van der Waals surface area contributed by atoms with E-state index in [1.807, 2.05) is 30.3 Å². The van der Waals surface area contributed by atoms with Crippen molar-refractivity contribution in [2.75, 3.05) is 5.75 Å². The lowest BCUT2D eigenvalue weighted by atomic mass is 10.2. The Labute approximate surface area is 119 Å². The van der Waals surface area contributed by atoms with E-state index in [9.17, 15) is 14.4 Å². The van der Waals surface area contributed by atoms with E-state index in [1.165, 1.54) is 0 Å². The highest BCUT2D eigenvalue weighted by molar-refractivity contribution is 8.01. The number of hydrogen-bond acceptors (Lipinski definition) is 6. The van der Waals surface area contributed by atoms with E-state index >= 15 is 0 Å². The highest BCUT2D eigenvalue weighted by atomic mass is 32.2. The van der Waals surface area contributed by atoms with Gasteiger partial charge in [-0.3, -0.25) is 20.3 Å². The quantitative estimate of drug-likeness (QED) is 0.668. The second-order valence-electron chi connectivity index (χ2n) is 3.93. The molecule has 8 heteroatoms. The van der Waals surface area contributed by atoms with Gasteiger partial charge in [-0.25, -0.2) is 10.2 Å². The predicted octanol–water partition coefficient (Wildman–Crippen LogP) is 0.133. The molecule has 1 unspecified atom stereocenters. The number of thioether (sulfide) groups is 1. The maximum Gasteiger partial charge on any atom is 0.335 e. The number of ether oxygens (including phenoxy) is 1. The van der Waals surface area contributed by atoms with Crippen LogP contribution in [0.4, 0.5) is 4.79 Å². The fourth-order valence-electron chi connectivity index (χ4n) is 1.45. The largest absolute Gasteiger partial charge is 0.460 e. The molecule has 0 aromatic heterocycles. The Hall–Kier alpha value is -2.06. The Bertz CT molecular complexity index is 509. The summed E-state index contributed by atoms with van der Waals surface area (Å²) >= 11 is 1.04. The summed E-state index contributed by atoms with van der Waals surface area (Å²) in [6, 6.07) is 8.69. The van der Waals surface area contributed by atoms with Crippen molar-refractivity contribution in [1.29, 1.82) is 0 Å². The highest BCUT2D eigenvalue weighted by Gasteiger charge is 2.26. The standard InChI is InChI=1S/C12H13N3O4S/c16-9(19-6-8-4-2-1-3-5-8)7-20-11-10(17)13-12(18)15-14-11/h1-5,11,14H,6-7H2,(H2,13,15,17,18). The number of urea groups is 1. The molecule has 0 aliphatic carbocycles. The van der Waals surface area contributed by atoms with E-state index in [-0.39, 0.29) is 12.4 Å². The van der Waals surface area contributed by atoms with E-state index < -0.39 is 23.3 Å². The first kappa shape index (κ1) is 14.4. The van der Waals surface area contributed by atoms with E-state index in [0.29, 0.717) is 0 Å². The van der Waals surface area contributed by atoms with Crippen molar-refractivity contribution in [2.24, 2.45) is 0 Å². The molecule has 0 radical (unpaired) electrons. The number of rotatable bonds is 5. The average Bonchev–Trinajstić information content (AvgIpc) is 2.45. The van der Waals surface area contributed by atoms with Gasteiger partial charge in [0.05, 0.1) is 5.75 Å². The van der Waals surface area contributed by atoms with E-state index in [2.05, 4.69) is 16.2 Å². The molecule has 1 aliphatic heterocycles. The SMILES string of the molecule is O=C1NNC(SCC(=O)OCc2ccccc2)C(=O)N1. The smallest absolute Gasteiger partial charge is 0.335 e. The van der Waals surface area contributed by atoms with Crippen molar-refractivity contribution in [3.8, 4) is 0 Å². The molecule has 1 saturated heterocycles. The molecule has 20 heavy (non-hydrogen) atoms. The zero-order chi connectivity index (χ0) is 14.4. The summed E-state index contributed by atoms with van der Waals surface area (Å²) < 4.78 is 5.07. The Morgan fingerprint density at radius 1 is 1.25 bits per heavy atom. The fourth-order valence-corrected chi connectivity index (χ4v) is 2.19. The average molecular weight is 295 g/mol. The van der Waals surface area contributed by atoms with Gasteiger partial charge in [0.15, 0.2) is 5.37 Å². The van der Waals surface area contributed by atoms with Crippen molar-refractivity contribution in [1.82, 2.24) is 16.2 Å². The van der Waals surface area contributed by atoms with Crippen LogP contribution < -0.4 is 16.2 Å². The zero-order valence-electron chi connectivity index (χ0n) is 10.4. The number of carbonyl (C=O) groups excluding carboxylic acids is 3. The van der Waals surface area contributed by atoms with Crippen LogP contribution in [0.25, 0.3) is 0 Å². The Morgan fingerprint density at radius 3 is 2.70 bits per heavy atom. The number of nitrogens with one attached hydrogen (secondary N) is 3. The number of amides is 3. The molecule has 106 valence electrons. The van der Waals surface area contributed by atoms with Gasteiger partial charge >= 0.3 is 12.0 Å². The molecule has 1 aliphatic rings. The van der Waals surface area contributed by atoms with Crippen LogP contribution in [0.15, 0.2) is 30.3 Å². The Kier molecular flexibility index (Phi) is 4.97. The zero-order valence-corrected chi connectivity index (χ0v) is 11.2. The summed E-state index contributed by atoms with van der Waals surface area (Å²) in [6.07, 6.45) is 0. The summed E-state index contributed by atoms with van der Waals surface area (Å²) in [7, 11) is 0. The van der Waals surface area contributed by atoms with Crippen LogP contribution in [0.3, 0.4) is 0 Å². The molecule has 1 fully saturated rings. The first-order chi connectivity index (χ1) is 9.65. The number of hydrazine groups is 1. The molecule has 0 saturated carbocycles. The van der Waals surface area contributed by atoms with Gasteiger partial charge < -0.3 is 4.74 Å².